The monoisotopic (exact) mass is 326 g/mol. The molecule has 0 aliphatic heterocycles. The van der Waals surface area contributed by atoms with Crippen molar-refractivity contribution in [3.63, 3.8) is 0 Å². The van der Waals surface area contributed by atoms with Crippen molar-refractivity contribution in [3.05, 3.63) is 71.8 Å². The maximum atomic E-state index is 12.4. The molecule has 1 aliphatic carbocycles. The van der Waals surface area contributed by atoms with Gasteiger partial charge >= 0.3 is 11.9 Å². The minimum absolute atomic E-state index is 0.268. The third-order valence-corrected chi connectivity index (χ3v) is 4.34. The fourth-order valence-electron chi connectivity index (χ4n) is 2.64. The average Bonchev–Trinajstić information content (AvgIpc) is 3.42. The van der Waals surface area contributed by atoms with Crippen LogP contribution in [-0.2, 0) is 14.3 Å². The van der Waals surface area contributed by atoms with E-state index < -0.39 is 29.6 Å². The molecule has 0 amide bonds. The van der Waals surface area contributed by atoms with E-state index in [2.05, 4.69) is 0 Å². The maximum absolute atomic E-state index is 12.4. The van der Waals surface area contributed by atoms with Crippen molar-refractivity contribution in [2.24, 2.45) is 5.41 Å². The van der Waals surface area contributed by atoms with Crippen LogP contribution in [0.1, 0.15) is 36.2 Å². The Bertz CT molecular complexity index is 722. The largest absolute Gasteiger partial charge is 0.480 e. The summed E-state index contributed by atoms with van der Waals surface area (Å²) in [5.74, 6) is -1.97. The van der Waals surface area contributed by atoms with Crippen LogP contribution in [0.4, 0.5) is 0 Å². The molecular formula is C19H18O5. The lowest BCUT2D eigenvalue weighted by atomic mass is 9.97. The molecule has 0 bridgehead atoms. The van der Waals surface area contributed by atoms with Crippen LogP contribution in [0.5, 0.6) is 0 Å². The summed E-state index contributed by atoms with van der Waals surface area (Å²) in [6, 6.07) is 17.7. The minimum atomic E-state index is -1.45. The van der Waals surface area contributed by atoms with Crippen molar-refractivity contribution in [1.82, 2.24) is 0 Å². The first-order valence-corrected chi connectivity index (χ1v) is 7.77. The molecule has 0 saturated heterocycles. The number of carbonyl (C=O) groups excluding carboxylic acids is 1. The maximum Gasteiger partial charge on any atom is 0.324 e. The molecule has 2 aromatic carbocycles. The fraction of sp³-hybridized carbons (Fsp3) is 0.263. The van der Waals surface area contributed by atoms with E-state index in [0.29, 0.717) is 11.1 Å². The van der Waals surface area contributed by atoms with Crippen LogP contribution in [-0.4, -0.2) is 22.2 Å². The van der Waals surface area contributed by atoms with Crippen molar-refractivity contribution >= 4 is 11.9 Å². The number of hydrogen-bond donors (Lipinski definition) is 2. The van der Waals surface area contributed by atoms with E-state index in [9.17, 15) is 19.8 Å². The summed E-state index contributed by atoms with van der Waals surface area (Å²) in [5, 5.41) is 19.9. The van der Waals surface area contributed by atoms with Crippen LogP contribution in [0.3, 0.4) is 0 Å². The van der Waals surface area contributed by atoms with E-state index in [-0.39, 0.29) is 12.8 Å². The first kappa shape index (κ1) is 16.2. The van der Waals surface area contributed by atoms with Gasteiger partial charge in [0.25, 0.3) is 0 Å². The number of aliphatic hydroxyl groups is 1. The number of aliphatic carboxylic acids is 1. The molecule has 0 unspecified atom stereocenters. The molecule has 2 aromatic rings. The highest BCUT2D eigenvalue weighted by molar-refractivity contribution is 6.02. The van der Waals surface area contributed by atoms with Gasteiger partial charge in [0.05, 0.1) is 0 Å². The first-order chi connectivity index (χ1) is 11.5. The number of rotatable bonds is 6. The topological polar surface area (TPSA) is 83.8 Å². The summed E-state index contributed by atoms with van der Waals surface area (Å²) in [7, 11) is 0. The molecule has 0 spiro atoms. The Morgan fingerprint density at radius 1 is 0.917 bits per heavy atom. The molecule has 1 saturated carbocycles. The van der Waals surface area contributed by atoms with Crippen LogP contribution in [0.15, 0.2) is 60.7 Å². The summed E-state index contributed by atoms with van der Waals surface area (Å²) < 4.78 is 5.47. The second-order valence-electron chi connectivity index (χ2n) is 5.98. The van der Waals surface area contributed by atoms with Crippen LogP contribution in [0.25, 0.3) is 0 Å². The Kier molecular flexibility index (Phi) is 4.36. The molecule has 1 fully saturated rings. The second kappa shape index (κ2) is 6.45. The number of esters is 1. The zero-order valence-electron chi connectivity index (χ0n) is 13.0. The molecule has 1 aliphatic rings. The molecule has 2 N–H and O–H groups in total. The van der Waals surface area contributed by atoms with Gasteiger partial charge in [0, 0.05) is 0 Å². The Labute approximate surface area is 139 Å². The average molecular weight is 326 g/mol. The van der Waals surface area contributed by atoms with E-state index in [1.807, 2.05) is 12.1 Å². The van der Waals surface area contributed by atoms with Crippen LogP contribution in [0, 0.1) is 5.41 Å². The third-order valence-electron chi connectivity index (χ3n) is 4.34. The summed E-state index contributed by atoms with van der Waals surface area (Å²) in [6.45, 7) is 0. The van der Waals surface area contributed by atoms with E-state index >= 15 is 0 Å². The van der Waals surface area contributed by atoms with Gasteiger partial charge in [-0.2, -0.15) is 0 Å². The van der Waals surface area contributed by atoms with Crippen LogP contribution >= 0.6 is 0 Å². The van der Waals surface area contributed by atoms with Gasteiger partial charge in [0.2, 0.25) is 0 Å². The van der Waals surface area contributed by atoms with Gasteiger partial charge in [-0.15, -0.1) is 0 Å². The summed E-state index contributed by atoms with van der Waals surface area (Å²) in [5.41, 5.74) is -0.244. The van der Waals surface area contributed by atoms with Gasteiger partial charge in [-0.25, -0.2) is 0 Å². The Morgan fingerprint density at radius 2 is 1.42 bits per heavy atom. The van der Waals surface area contributed by atoms with Gasteiger partial charge in [0.15, 0.2) is 11.5 Å². The van der Waals surface area contributed by atoms with Crippen molar-refractivity contribution in [3.8, 4) is 0 Å². The number of carboxylic acids is 1. The molecular weight excluding hydrogens is 308 g/mol. The standard InChI is InChI=1S/C19H18O5/c20-15(13-7-3-1-4-8-13)16(14-9-5-2-6-10-14)24-18(23)19(11-12-19)17(21)22/h1-10,15-16,20H,11-12H2,(H,21,22)/t15-,16+/m0/s1. The number of ether oxygens (including phenoxy) is 1. The van der Waals surface area contributed by atoms with Gasteiger partial charge < -0.3 is 14.9 Å². The lowest BCUT2D eigenvalue weighted by Crippen LogP contribution is -2.30. The molecule has 3 rings (SSSR count). The van der Waals surface area contributed by atoms with Gasteiger partial charge in [-0.05, 0) is 24.0 Å². The Hall–Kier alpha value is -2.66. The van der Waals surface area contributed by atoms with Crippen LogP contribution < -0.4 is 0 Å². The zero-order chi connectivity index (χ0) is 17.2. The van der Waals surface area contributed by atoms with E-state index in [4.69, 9.17) is 4.74 Å². The molecule has 24 heavy (non-hydrogen) atoms. The second-order valence-corrected chi connectivity index (χ2v) is 5.98. The molecule has 5 nitrogen and oxygen atoms in total. The highest BCUT2D eigenvalue weighted by Gasteiger charge is 2.59. The summed E-state index contributed by atoms with van der Waals surface area (Å²) in [6.07, 6.45) is -1.51. The van der Waals surface area contributed by atoms with Crippen molar-refractivity contribution in [1.29, 1.82) is 0 Å². The minimum Gasteiger partial charge on any atom is -0.480 e. The first-order valence-electron chi connectivity index (χ1n) is 7.77. The quantitative estimate of drug-likeness (QED) is 0.630. The number of aliphatic hydroxyl groups excluding tert-OH is 1. The van der Waals surface area contributed by atoms with Crippen molar-refractivity contribution in [2.45, 2.75) is 25.0 Å². The predicted molar refractivity (Wildman–Crippen MR) is 86.0 cm³/mol. The molecule has 0 aromatic heterocycles. The molecule has 124 valence electrons. The normalized spacial score (nSPS) is 17.5. The van der Waals surface area contributed by atoms with Gasteiger partial charge in [0.1, 0.15) is 6.10 Å². The Balaban J connectivity index is 1.89. The van der Waals surface area contributed by atoms with Crippen LogP contribution in [0.2, 0.25) is 0 Å². The summed E-state index contributed by atoms with van der Waals surface area (Å²) >= 11 is 0. The number of benzene rings is 2. The third kappa shape index (κ3) is 3.03. The number of carboxylic acid groups (broad SMARTS) is 1. The zero-order valence-corrected chi connectivity index (χ0v) is 13.0. The van der Waals surface area contributed by atoms with Gasteiger partial charge in [-0.1, -0.05) is 60.7 Å². The lowest BCUT2D eigenvalue weighted by Gasteiger charge is -2.25. The lowest BCUT2D eigenvalue weighted by molar-refractivity contribution is -0.170. The molecule has 0 radical (unpaired) electrons. The number of carbonyl (C=O) groups is 2. The molecule has 2 atom stereocenters. The van der Waals surface area contributed by atoms with E-state index in [1.54, 1.807) is 48.5 Å². The highest BCUT2D eigenvalue weighted by Crippen LogP contribution is 2.48. The molecule has 5 heteroatoms. The Morgan fingerprint density at radius 3 is 1.88 bits per heavy atom. The van der Waals surface area contributed by atoms with E-state index in [1.165, 1.54) is 0 Å². The fourth-order valence-corrected chi connectivity index (χ4v) is 2.64. The summed E-state index contributed by atoms with van der Waals surface area (Å²) in [4.78, 5) is 23.7. The van der Waals surface area contributed by atoms with Gasteiger partial charge in [-0.3, -0.25) is 9.59 Å². The number of hydrogen-bond acceptors (Lipinski definition) is 4. The van der Waals surface area contributed by atoms with E-state index in [0.717, 1.165) is 0 Å². The smallest absolute Gasteiger partial charge is 0.324 e. The highest BCUT2D eigenvalue weighted by atomic mass is 16.6. The molecule has 0 heterocycles. The predicted octanol–water partition coefficient (Wildman–Crippen LogP) is 2.87. The SMILES string of the molecule is O=C(O)C1(C(=O)O[C@H](c2ccccc2)[C@@H](O)c2ccccc2)CC1. The van der Waals surface area contributed by atoms with Crippen molar-refractivity contribution in [2.75, 3.05) is 0 Å². The van der Waals surface area contributed by atoms with Crippen molar-refractivity contribution < 1.29 is 24.5 Å².